The molecule has 2 nitrogen and oxygen atoms in total. The Morgan fingerprint density at radius 2 is 1.69 bits per heavy atom. The van der Waals surface area contributed by atoms with E-state index in [9.17, 15) is 4.79 Å². The molecule has 0 aliphatic carbocycles. The van der Waals surface area contributed by atoms with Crippen molar-refractivity contribution in [3.8, 4) is 0 Å². The second kappa shape index (κ2) is 6.04. The van der Waals surface area contributed by atoms with Crippen LogP contribution < -0.4 is 5.32 Å². The van der Waals surface area contributed by atoms with Crippen LogP contribution in [-0.4, -0.2) is 5.91 Å². The number of hydrogen-bond donors (Lipinski definition) is 1. The zero-order valence-electron chi connectivity index (χ0n) is 10.1. The molecule has 1 amide bonds. The van der Waals surface area contributed by atoms with Gasteiger partial charge in [-0.05, 0) is 36.1 Å². The fourth-order valence-corrected chi connectivity index (χ4v) is 2.22. The molecule has 0 aromatic heterocycles. The number of carbonyl (C=O) groups excluding carboxylic acids is 1. The third kappa shape index (κ3) is 3.08. The molecule has 0 aliphatic rings. The highest BCUT2D eigenvalue weighted by Crippen LogP contribution is 2.27. The highest BCUT2D eigenvalue weighted by Gasteiger charge is 2.10. The molecule has 0 spiro atoms. The van der Waals surface area contributed by atoms with E-state index >= 15 is 0 Å². The van der Waals surface area contributed by atoms with Crippen LogP contribution in [0.2, 0.25) is 0 Å². The van der Waals surface area contributed by atoms with Crippen LogP contribution in [0.4, 0.5) is 5.69 Å². The Labute approximate surface area is 106 Å². The van der Waals surface area contributed by atoms with Crippen LogP contribution in [0.15, 0.2) is 16.6 Å². The molecule has 1 N–H and O–H groups in total. The first-order chi connectivity index (χ1) is 7.62. The second-order valence-corrected chi connectivity index (χ2v) is 4.62. The smallest absolute Gasteiger partial charge is 0.224 e. The maximum Gasteiger partial charge on any atom is 0.224 e. The maximum atomic E-state index is 11.5. The highest BCUT2D eigenvalue weighted by molar-refractivity contribution is 9.10. The summed E-state index contributed by atoms with van der Waals surface area (Å²) in [5.41, 5.74) is 3.38. The van der Waals surface area contributed by atoms with Crippen LogP contribution in [0, 0.1) is 0 Å². The first-order valence-electron chi connectivity index (χ1n) is 5.73. The van der Waals surface area contributed by atoms with Crippen molar-refractivity contribution in [2.75, 3.05) is 5.32 Å². The second-order valence-electron chi connectivity index (χ2n) is 3.71. The summed E-state index contributed by atoms with van der Waals surface area (Å²) in [6.45, 7) is 6.07. The fourth-order valence-electron chi connectivity index (χ4n) is 1.67. The van der Waals surface area contributed by atoms with E-state index in [4.69, 9.17) is 0 Å². The Balaban J connectivity index is 3.16. The molecule has 16 heavy (non-hydrogen) atoms. The standard InChI is InChI=1S/C13H18BrNO/c1-4-9-7-11(14)8-10(5-2)13(9)15-12(16)6-3/h7-8H,4-6H2,1-3H3,(H,15,16). The van der Waals surface area contributed by atoms with Gasteiger partial charge in [-0.15, -0.1) is 0 Å². The number of carbonyl (C=O) groups is 1. The average molecular weight is 284 g/mol. The van der Waals surface area contributed by atoms with E-state index in [1.165, 1.54) is 11.1 Å². The molecule has 0 aliphatic heterocycles. The summed E-state index contributed by atoms with van der Waals surface area (Å²) in [6, 6.07) is 4.15. The van der Waals surface area contributed by atoms with Gasteiger partial charge >= 0.3 is 0 Å². The zero-order valence-corrected chi connectivity index (χ0v) is 11.6. The van der Waals surface area contributed by atoms with Gasteiger partial charge in [0.05, 0.1) is 0 Å². The molecular weight excluding hydrogens is 266 g/mol. The topological polar surface area (TPSA) is 29.1 Å². The normalized spacial score (nSPS) is 10.2. The third-order valence-electron chi connectivity index (χ3n) is 2.61. The van der Waals surface area contributed by atoms with Crippen LogP contribution in [0.3, 0.4) is 0 Å². The van der Waals surface area contributed by atoms with Crippen molar-refractivity contribution in [2.24, 2.45) is 0 Å². The average Bonchev–Trinajstić information content (AvgIpc) is 2.30. The lowest BCUT2D eigenvalue weighted by Crippen LogP contribution is -2.13. The molecule has 3 heteroatoms. The molecule has 0 unspecified atom stereocenters. The maximum absolute atomic E-state index is 11.5. The Morgan fingerprint density at radius 1 is 1.19 bits per heavy atom. The van der Waals surface area contributed by atoms with Gasteiger partial charge in [0.2, 0.25) is 5.91 Å². The first kappa shape index (κ1) is 13.2. The van der Waals surface area contributed by atoms with Crippen molar-refractivity contribution in [2.45, 2.75) is 40.0 Å². The number of hydrogen-bond acceptors (Lipinski definition) is 1. The minimum absolute atomic E-state index is 0.0757. The van der Waals surface area contributed by atoms with Gasteiger partial charge in [-0.2, -0.15) is 0 Å². The quantitative estimate of drug-likeness (QED) is 0.892. The van der Waals surface area contributed by atoms with Gasteiger partial charge in [0, 0.05) is 16.6 Å². The molecule has 0 saturated heterocycles. The van der Waals surface area contributed by atoms with E-state index in [0.29, 0.717) is 6.42 Å². The first-order valence-corrected chi connectivity index (χ1v) is 6.52. The zero-order chi connectivity index (χ0) is 12.1. The van der Waals surface area contributed by atoms with Gasteiger partial charge in [0.25, 0.3) is 0 Å². The molecule has 0 saturated carbocycles. The van der Waals surface area contributed by atoms with Gasteiger partial charge < -0.3 is 5.32 Å². The summed E-state index contributed by atoms with van der Waals surface area (Å²) < 4.78 is 1.08. The Bertz CT molecular complexity index is 363. The minimum atomic E-state index is 0.0757. The van der Waals surface area contributed by atoms with E-state index in [-0.39, 0.29) is 5.91 Å². The largest absolute Gasteiger partial charge is 0.326 e. The summed E-state index contributed by atoms with van der Waals surface area (Å²) in [7, 11) is 0. The molecule has 0 heterocycles. The van der Waals surface area contributed by atoms with E-state index in [2.05, 4.69) is 47.2 Å². The molecule has 0 atom stereocenters. The molecular formula is C13H18BrNO. The molecule has 0 bridgehead atoms. The minimum Gasteiger partial charge on any atom is -0.326 e. The number of anilines is 1. The van der Waals surface area contributed by atoms with Crippen molar-refractivity contribution < 1.29 is 4.79 Å². The SMILES string of the molecule is CCC(=O)Nc1c(CC)cc(Br)cc1CC. The Hall–Kier alpha value is -0.830. The monoisotopic (exact) mass is 283 g/mol. The number of amides is 1. The summed E-state index contributed by atoms with van der Waals surface area (Å²) in [5, 5.41) is 3.00. The van der Waals surface area contributed by atoms with Gasteiger partial charge in [-0.25, -0.2) is 0 Å². The fraction of sp³-hybridized carbons (Fsp3) is 0.462. The van der Waals surface area contributed by atoms with E-state index in [0.717, 1.165) is 23.0 Å². The number of benzene rings is 1. The number of halogens is 1. The molecule has 88 valence electrons. The summed E-state index contributed by atoms with van der Waals surface area (Å²) >= 11 is 3.50. The highest BCUT2D eigenvalue weighted by atomic mass is 79.9. The Morgan fingerprint density at radius 3 is 2.06 bits per heavy atom. The van der Waals surface area contributed by atoms with Crippen molar-refractivity contribution in [1.82, 2.24) is 0 Å². The van der Waals surface area contributed by atoms with E-state index in [1.807, 2.05) is 6.92 Å². The van der Waals surface area contributed by atoms with Crippen LogP contribution >= 0.6 is 15.9 Å². The van der Waals surface area contributed by atoms with Crippen LogP contribution in [-0.2, 0) is 17.6 Å². The lowest BCUT2D eigenvalue weighted by Gasteiger charge is -2.14. The summed E-state index contributed by atoms with van der Waals surface area (Å²) in [6.07, 6.45) is 2.36. The van der Waals surface area contributed by atoms with Gasteiger partial charge in [-0.1, -0.05) is 36.7 Å². The van der Waals surface area contributed by atoms with Crippen LogP contribution in [0.1, 0.15) is 38.3 Å². The number of nitrogens with one attached hydrogen (secondary N) is 1. The van der Waals surface area contributed by atoms with Crippen LogP contribution in [0.5, 0.6) is 0 Å². The van der Waals surface area contributed by atoms with Gasteiger partial charge in [-0.3, -0.25) is 4.79 Å². The van der Waals surface area contributed by atoms with Crippen molar-refractivity contribution >= 4 is 27.5 Å². The Kier molecular flexibility index (Phi) is 5.00. The number of rotatable bonds is 4. The molecule has 1 aromatic carbocycles. The molecule has 1 rings (SSSR count). The van der Waals surface area contributed by atoms with Gasteiger partial charge in [0.15, 0.2) is 0 Å². The third-order valence-corrected chi connectivity index (χ3v) is 3.07. The van der Waals surface area contributed by atoms with Crippen molar-refractivity contribution in [1.29, 1.82) is 0 Å². The predicted octanol–water partition coefficient (Wildman–Crippen LogP) is 3.92. The predicted molar refractivity (Wildman–Crippen MR) is 71.8 cm³/mol. The van der Waals surface area contributed by atoms with Crippen molar-refractivity contribution in [3.05, 3.63) is 27.7 Å². The van der Waals surface area contributed by atoms with E-state index in [1.54, 1.807) is 0 Å². The molecule has 0 fully saturated rings. The molecule has 0 radical (unpaired) electrons. The van der Waals surface area contributed by atoms with Crippen molar-refractivity contribution in [3.63, 3.8) is 0 Å². The summed E-state index contributed by atoms with van der Waals surface area (Å²) in [4.78, 5) is 11.5. The summed E-state index contributed by atoms with van der Waals surface area (Å²) in [5.74, 6) is 0.0757. The van der Waals surface area contributed by atoms with Crippen LogP contribution in [0.25, 0.3) is 0 Å². The molecule has 1 aromatic rings. The lowest BCUT2D eigenvalue weighted by molar-refractivity contribution is -0.115. The number of aryl methyl sites for hydroxylation is 2. The van der Waals surface area contributed by atoms with Gasteiger partial charge in [0.1, 0.15) is 0 Å². The lowest BCUT2D eigenvalue weighted by atomic mass is 10.0. The van der Waals surface area contributed by atoms with E-state index < -0.39 is 0 Å².